The van der Waals surface area contributed by atoms with E-state index < -0.39 is 0 Å². The van der Waals surface area contributed by atoms with Crippen molar-refractivity contribution >= 4 is 17.5 Å². The molecule has 0 fully saturated rings. The van der Waals surface area contributed by atoms with Gasteiger partial charge in [0.25, 0.3) is 0 Å². The van der Waals surface area contributed by atoms with E-state index in [1.807, 2.05) is 69.3 Å². The maximum absolute atomic E-state index is 12.5. The molecular weight excluding hydrogens is 394 g/mol. The highest BCUT2D eigenvalue weighted by Crippen LogP contribution is 2.18. The minimum atomic E-state index is -0.234. The lowest BCUT2D eigenvalue weighted by molar-refractivity contribution is -0.132. The van der Waals surface area contributed by atoms with Gasteiger partial charge in [-0.2, -0.15) is 0 Å². The number of ether oxygens (including phenoxy) is 1. The molecule has 0 radical (unpaired) electrons. The van der Waals surface area contributed by atoms with Crippen molar-refractivity contribution < 1.29 is 18.8 Å². The summed E-state index contributed by atoms with van der Waals surface area (Å²) in [5.41, 5.74) is 4.42. The zero-order chi connectivity index (χ0) is 22.4. The Morgan fingerprint density at radius 1 is 1.03 bits per heavy atom. The zero-order valence-corrected chi connectivity index (χ0v) is 18.3. The third-order valence-electron chi connectivity index (χ3n) is 4.98. The Morgan fingerprint density at radius 3 is 2.32 bits per heavy atom. The highest BCUT2D eigenvalue weighted by atomic mass is 16.5. The average molecular weight is 421 g/mol. The fourth-order valence-electron chi connectivity index (χ4n) is 3.02. The molecule has 3 aromatic rings. The molecule has 7 heteroatoms. The quantitative estimate of drug-likeness (QED) is 0.598. The van der Waals surface area contributed by atoms with Crippen molar-refractivity contribution in [3.8, 4) is 5.75 Å². The van der Waals surface area contributed by atoms with Crippen molar-refractivity contribution in [3.63, 3.8) is 0 Å². The summed E-state index contributed by atoms with van der Waals surface area (Å²) in [6.45, 7) is 6.07. The molecule has 162 valence electrons. The summed E-state index contributed by atoms with van der Waals surface area (Å²) in [6.07, 6.45) is 0.207. The smallest absolute Gasteiger partial charge is 0.243 e. The maximum Gasteiger partial charge on any atom is 0.243 e. The van der Waals surface area contributed by atoms with Crippen LogP contribution < -0.4 is 10.1 Å². The molecule has 0 bridgehead atoms. The fraction of sp³-hybridized carbons (Fsp3) is 0.292. The molecule has 0 aliphatic carbocycles. The van der Waals surface area contributed by atoms with E-state index in [1.54, 1.807) is 7.05 Å². The number of carbonyl (C=O) groups is 2. The van der Waals surface area contributed by atoms with Gasteiger partial charge in [0, 0.05) is 12.7 Å². The van der Waals surface area contributed by atoms with Crippen LogP contribution in [0, 0.1) is 20.8 Å². The van der Waals surface area contributed by atoms with Crippen LogP contribution >= 0.6 is 0 Å². The summed E-state index contributed by atoms with van der Waals surface area (Å²) in [7, 11) is 1.62. The van der Waals surface area contributed by atoms with Crippen LogP contribution in [0.2, 0.25) is 0 Å². The number of hydrogen-bond acceptors (Lipinski definition) is 5. The van der Waals surface area contributed by atoms with E-state index in [9.17, 15) is 9.59 Å². The van der Waals surface area contributed by atoms with Crippen LogP contribution in [0.3, 0.4) is 0 Å². The molecule has 31 heavy (non-hydrogen) atoms. The molecule has 1 aromatic heterocycles. The first-order valence-electron chi connectivity index (χ1n) is 10.1. The Morgan fingerprint density at radius 2 is 1.71 bits per heavy atom. The Balaban J connectivity index is 1.47. The minimum Gasteiger partial charge on any atom is -0.489 e. The van der Waals surface area contributed by atoms with Gasteiger partial charge in [0.2, 0.25) is 11.8 Å². The lowest BCUT2D eigenvalue weighted by Gasteiger charge is -2.17. The van der Waals surface area contributed by atoms with Gasteiger partial charge in [-0.05, 0) is 50.6 Å². The van der Waals surface area contributed by atoms with E-state index in [0.29, 0.717) is 18.0 Å². The van der Waals surface area contributed by atoms with Crippen molar-refractivity contribution in [1.82, 2.24) is 10.1 Å². The molecule has 2 aromatic carbocycles. The van der Waals surface area contributed by atoms with E-state index in [4.69, 9.17) is 9.26 Å². The third kappa shape index (κ3) is 6.18. The van der Waals surface area contributed by atoms with Crippen LogP contribution in [0.1, 0.15) is 28.1 Å². The number of likely N-dealkylation sites (N-methyl/N-ethyl adjacent to an activating group) is 1. The van der Waals surface area contributed by atoms with Crippen molar-refractivity contribution in [2.75, 3.05) is 18.9 Å². The number of rotatable bonds is 8. The summed E-state index contributed by atoms with van der Waals surface area (Å²) in [6, 6.07) is 14.9. The first-order valence-corrected chi connectivity index (χ1v) is 10.1. The molecule has 0 spiro atoms. The molecular formula is C24H27N3O4. The highest BCUT2D eigenvalue weighted by Gasteiger charge is 2.14. The van der Waals surface area contributed by atoms with Gasteiger partial charge in [0.1, 0.15) is 18.1 Å². The predicted octanol–water partition coefficient (Wildman–Crippen LogP) is 3.82. The first-order chi connectivity index (χ1) is 14.8. The Bertz CT molecular complexity index is 1020. The van der Waals surface area contributed by atoms with Crippen LogP contribution in [0.15, 0.2) is 53.1 Å². The van der Waals surface area contributed by atoms with Gasteiger partial charge >= 0.3 is 0 Å². The van der Waals surface area contributed by atoms with Gasteiger partial charge < -0.3 is 19.5 Å². The van der Waals surface area contributed by atoms with Crippen LogP contribution in [0.5, 0.6) is 5.75 Å². The number of aromatic nitrogens is 1. The fourth-order valence-corrected chi connectivity index (χ4v) is 3.02. The Hall–Kier alpha value is -3.61. The first kappa shape index (κ1) is 22.1. The van der Waals surface area contributed by atoms with Gasteiger partial charge in [-0.25, -0.2) is 0 Å². The van der Waals surface area contributed by atoms with E-state index >= 15 is 0 Å². The van der Waals surface area contributed by atoms with E-state index in [2.05, 4.69) is 10.5 Å². The largest absolute Gasteiger partial charge is 0.489 e. The average Bonchev–Trinajstić information content (AvgIpc) is 3.06. The summed E-state index contributed by atoms with van der Waals surface area (Å²) in [5.74, 6) is 1.07. The predicted molar refractivity (Wildman–Crippen MR) is 118 cm³/mol. The standard InChI is InChI=1S/C24H27N3O4/c1-16-5-9-20(10-6-16)25-23(28)14-27(4)24(29)13-19-7-11-21(12-8-19)30-15-22-17(2)26-31-18(22)3/h5-12H,13-15H2,1-4H3,(H,25,28). The maximum atomic E-state index is 12.5. The van der Waals surface area contributed by atoms with E-state index in [1.165, 1.54) is 4.90 Å². The van der Waals surface area contributed by atoms with Crippen LogP contribution in [-0.2, 0) is 22.6 Å². The number of nitrogens with one attached hydrogen (secondary N) is 1. The molecule has 7 nitrogen and oxygen atoms in total. The number of benzene rings is 2. The number of aryl methyl sites for hydroxylation is 3. The van der Waals surface area contributed by atoms with Crippen molar-refractivity contribution in [2.24, 2.45) is 0 Å². The van der Waals surface area contributed by atoms with E-state index in [-0.39, 0.29) is 24.8 Å². The van der Waals surface area contributed by atoms with Gasteiger partial charge in [-0.1, -0.05) is 35.0 Å². The Kier molecular flexibility index (Phi) is 7.07. The number of amides is 2. The summed E-state index contributed by atoms with van der Waals surface area (Å²) in [4.78, 5) is 26.1. The zero-order valence-electron chi connectivity index (χ0n) is 18.3. The molecule has 0 aliphatic heterocycles. The van der Waals surface area contributed by atoms with Gasteiger partial charge in [0.15, 0.2) is 0 Å². The van der Waals surface area contributed by atoms with Gasteiger partial charge in [-0.3, -0.25) is 9.59 Å². The second-order valence-corrected chi connectivity index (χ2v) is 7.58. The monoisotopic (exact) mass is 421 g/mol. The molecule has 3 rings (SSSR count). The van der Waals surface area contributed by atoms with Crippen LogP contribution in [0.25, 0.3) is 0 Å². The molecule has 0 saturated carbocycles. The lowest BCUT2D eigenvalue weighted by atomic mass is 10.1. The van der Waals surface area contributed by atoms with Gasteiger partial charge in [-0.15, -0.1) is 0 Å². The summed E-state index contributed by atoms with van der Waals surface area (Å²) in [5, 5.41) is 6.71. The number of carbonyl (C=O) groups excluding carboxylic acids is 2. The van der Waals surface area contributed by atoms with Crippen molar-refractivity contribution in [2.45, 2.75) is 33.8 Å². The normalized spacial score (nSPS) is 10.6. The van der Waals surface area contributed by atoms with E-state index in [0.717, 1.165) is 28.1 Å². The van der Waals surface area contributed by atoms with Crippen LogP contribution in [-0.4, -0.2) is 35.5 Å². The second kappa shape index (κ2) is 9.93. The lowest BCUT2D eigenvalue weighted by Crippen LogP contribution is -2.35. The minimum absolute atomic E-state index is 0.00859. The Labute approximate surface area is 182 Å². The molecule has 1 N–H and O–H groups in total. The molecule has 1 heterocycles. The molecule has 0 unspecified atom stereocenters. The highest BCUT2D eigenvalue weighted by molar-refractivity contribution is 5.94. The number of hydrogen-bond donors (Lipinski definition) is 1. The molecule has 0 aliphatic rings. The SMILES string of the molecule is Cc1ccc(NC(=O)CN(C)C(=O)Cc2ccc(OCc3c(C)noc3C)cc2)cc1. The van der Waals surface area contributed by atoms with Crippen molar-refractivity contribution in [1.29, 1.82) is 0 Å². The molecule has 0 atom stereocenters. The van der Waals surface area contributed by atoms with Crippen molar-refractivity contribution in [3.05, 3.63) is 76.7 Å². The topological polar surface area (TPSA) is 84.7 Å². The molecule has 2 amide bonds. The van der Waals surface area contributed by atoms with Gasteiger partial charge in [0.05, 0.1) is 24.2 Å². The summed E-state index contributed by atoms with van der Waals surface area (Å²) < 4.78 is 10.9. The summed E-state index contributed by atoms with van der Waals surface area (Å²) >= 11 is 0. The molecule has 0 saturated heterocycles. The third-order valence-corrected chi connectivity index (χ3v) is 4.98. The number of anilines is 1. The number of nitrogens with zero attached hydrogens (tertiary/aromatic N) is 2. The van der Waals surface area contributed by atoms with Crippen LogP contribution in [0.4, 0.5) is 5.69 Å². The second-order valence-electron chi connectivity index (χ2n) is 7.58.